The van der Waals surface area contributed by atoms with Gasteiger partial charge in [-0.25, -0.2) is 0 Å². The van der Waals surface area contributed by atoms with E-state index >= 15 is 0 Å². The van der Waals surface area contributed by atoms with Crippen LogP contribution in [0.25, 0.3) is 0 Å². The molecule has 28 heavy (non-hydrogen) atoms. The Morgan fingerprint density at radius 1 is 1.25 bits per heavy atom. The molecule has 0 saturated heterocycles. The van der Waals surface area contributed by atoms with Crippen LogP contribution < -0.4 is 9.47 Å². The maximum Gasteiger partial charge on any atom is 0.228 e. The smallest absolute Gasteiger partial charge is 0.228 e. The molecule has 1 aliphatic heterocycles. The lowest BCUT2D eigenvalue weighted by molar-refractivity contribution is -0.132. The van der Waals surface area contributed by atoms with Gasteiger partial charge in [-0.2, -0.15) is 5.10 Å². The van der Waals surface area contributed by atoms with Crippen LogP contribution in [0.4, 0.5) is 0 Å². The first-order valence-corrected chi connectivity index (χ1v) is 10.0. The van der Waals surface area contributed by atoms with E-state index in [0.29, 0.717) is 24.5 Å². The number of carbonyl (C=O) groups excluding carboxylic acids is 1. The lowest BCUT2D eigenvalue weighted by atomic mass is 9.89. The van der Waals surface area contributed by atoms with E-state index in [4.69, 9.17) is 9.47 Å². The molecule has 146 valence electrons. The Labute approximate surface area is 168 Å². The topological polar surface area (TPSA) is 56.6 Å². The van der Waals surface area contributed by atoms with Crippen LogP contribution in [-0.4, -0.2) is 41.4 Å². The van der Waals surface area contributed by atoms with Crippen LogP contribution in [0.5, 0.6) is 11.5 Å². The van der Waals surface area contributed by atoms with Gasteiger partial charge >= 0.3 is 0 Å². The van der Waals surface area contributed by atoms with E-state index in [-0.39, 0.29) is 11.9 Å². The summed E-state index contributed by atoms with van der Waals surface area (Å²) in [6.45, 7) is 0.655. The number of fused-ring (bicyclic) bond motifs is 1. The number of aromatic nitrogens is 2. The molecular weight excluding hydrogens is 374 g/mol. The number of aryl methyl sites for hydroxylation is 1. The van der Waals surface area contributed by atoms with E-state index in [1.165, 1.54) is 5.56 Å². The van der Waals surface area contributed by atoms with Crippen LogP contribution >= 0.6 is 11.3 Å². The van der Waals surface area contributed by atoms with Gasteiger partial charge < -0.3 is 14.4 Å². The molecule has 0 N–H and O–H groups in total. The third-order valence-electron chi connectivity index (χ3n) is 5.24. The molecule has 0 aliphatic carbocycles. The van der Waals surface area contributed by atoms with Crippen molar-refractivity contribution in [3.8, 4) is 11.5 Å². The van der Waals surface area contributed by atoms with Gasteiger partial charge in [0.25, 0.3) is 0 Å². The van der Waals surface area contributed by atoms with E-state index in [1.54, 1.807) is 31.8 Å². The molecule has 0 unspecified atom stereocenters. The summed E-state index contributed by atoms with van der Waals surface area (Å²) >= 11 is 1.61. The average Bonchev–Trinajstić information content (AvgIpc) is 3.37. The third kappa shape index (κ3) is 3.26. The first-order chi connectivity index (χ1) is 13.6. The maximum absolute atomic E-state index is 13.2. The first kappa shape index (κ1) is 18.6. The highest BCUT2D eigenvalue weighted by atomic mass is 32.1. The van der Waals surface area contributed by atoms with Crippen LogP contribution in [0, 0.1) is 0 Å². The van der Waals surface area contributed by atoms with Crippen molar-refractivity contribution in [2.45, 2.75) is 18.9 Å². The van der Waals surface area contributed by atoms with Crippen LogP contribution in [0.2, 0.25) is 0 Å². The number of hydrogen-bond donors (Lipinski definition) is 0. The number of benzene rings is 1. The fraction of sp³-hybridized carbons (Fsp3) is 0.333. The number of thiophene rings is 1. The minimum Gasteiger partial charge on any atom is -0.493 e. The number of methoxy groups -OCH3 is 2. The molecule has 2 aromatic heterocycles. The molecule has 0 bridgehead atoms. The Morgan fingerprint density at radius 3 is 2.68 bits per heavy atom. The number of hydrogen-bond acceptors (Lipinski definition) is 5. The fourth-order valence-electron chi connectivity index (χ4n) is 3.85. The first-order valence-electron chi connectivity index (χ1n) is 9.17. The van der Waals surface area contributed by atoms with Crippen LogP contribution in [-0.2, 0) is 24.7 Å². The number of amides is 1. The van der Waals surface area contributed by atoms with Gasteiger partial charge in [0, 0.05) is 24.7 Å². The standard InChI is InChI=1S/C21H23N3O3S/c1-23-17(6-8-22-23)21-16-13-19(27-3)18(26-2)11-14(16)7-9-24(21)20(25)12-15-5-4-10-28-15/h4-6,8,10-11,13,21H,7,9,12H2,1-3H3/t21-/m0/s1. The Kier molecular flexibility index (Phi) is 5.09. The highest BCUT2D eigenvalue weighted by molar-refractivity contribution is 7.10. The van der Waals surface area contributed by atoms with Gasteiger partial charge in [-0.3, -0.25) is 9.48 Å². The van der Waals surface area contributed by atoms with E-state index in [2.05, 4.69) is 5.10 Å². The summed E-state index contributed by atoms with van der Waals surface area (Å²) in [4.78, 5) is 16.3. The zero-order valence-corrected chi connectivity index (χ0v) is 17.0. The quantitative estimate of drug-likeness (QED) is 0.663. The monoisotopic (exact) mass is 397 g/mol. The largest absolute Gasteiger partial charge is 0.493 e. The predicted octanol–water partition coefficient (Wildman–Crippen LogP) is 3.22. The van der Waals surface area contributed by atoms with Gasteiger partial charge in [-0.1, -0.05) is 6.07 Å². The lowest BCUT2D eigenvalue weighted by Gasteiger charge is -2.38. The molecule has 1 aliphatic rings. The average molecular weight is 398 g/mol. The summed E-state index contributed by atoms with van der Waals surface area (Å²) in [6, 6.07) is 9.78. The zero-order valence-electron chi connectivity index (χ0n) is 16.2. The van der Waals surface area contributed by atoms with E-state index in [0.717, 1.165) is 22.6 Å². The van der Waals surface area contributed by atoms with Crippen molar-refractivity contribution in [2.75, 3.05) is 20.8 Å². The summed E-state index contributed by atoms with van der Waals surface area (Å²) in [7, 11) is 5.18. The third-order valence-corrected chi connectivity index (χ3v) is 6.11. The number of nitrogens with zero attached hydrogens (tertiary/aromatic N) is 3. The maximum atomic E-state index is 13.2. The molecule has 1 atom stereocenters. The second-order valence-corrected chi connectivity index (χ2v) is 7.81. The van der Waals surface area contributed by atoms with Gasteiger partial charge in [-0.05, 0) is 47.2 Å². The Morgan fingerprint density at radius 2 is 2.04 bits per heavy atom. The Hall–Kier alpha value is -2.80. The lowest BCUT2D eigenvalue weighted by Crippen LogP contribution is -2.42. The van der Waals surface area contributed by atoms with Crippen molar-refractivity contribution >= 4 is 17.2 Å². The van der Waals surface area contributed by atoms with Gasteiger partial charge in [0.15, 0.2) is 11.5 Å². The Balaban J connectivity index is 1.78. The molecule has 6 nitrogen and oxygen atoms in total. The van der Waals surface area contributed by atoms with Gasteiger partial charge in [-0.15, -0.1) is 11.3 Å². The highest BCUT2D eigenvalue weighted by Gasteiger charge is 2.34. The molecular formula is C21H23N3O3S. The number of carbonyl (C=O) groups is 1. The fourth-order valence-corrected chi connectivity index (χ4v) is 4.55. The SMILES string of the molecule is COc1cc2c(cc1OC)[C@@H](c1ccnn1C)N(C(=O)Cc1cccs1)CC2. The molecule has 7 heteroatoms. The van der Waals surface area contributed by atoms with Crippen molar-refractivity contribution in [1.29, 1.82) is 0 Å². The van der Waals surface area contributed by atoms with Crippen LogP contribution in [0.3, 0.4) is 0 Å². The van der Waals surface area contributed by atoms with Crippen LogP contribution in [0.15, 0.2) is 41.9 Å². The zero-order chi connectivity index (χ0) is 19.7. The van der Waals surface area contributed by atoms with Crippen molar-refractivity contribution in [3.63, 3.8) is 0 Å². The molecule has 0 radical (unpaired) electrons. The second kappa shape index (κ2) is 7.67. The van der Waals surface area contributed by atoms with Crippen molar-refractivity contribution < 1.29 is 14.3 Å². The number of rotatable bonds is 5. The molecule has 0 fully saturated rings. The minimum atomic E-state index is -0.205. The summed E-state index contributed by atoms with van der Waals surface area (Å²) in [5, 5.41) is 6.34. The summed E-state index contributed by atoms with van der Waals surface area (Å²) < 4.78 is 12.8. The van der Waals surface area contributed by atoms with E-state index < -0.39 is 0 Å². The predicted molar refractivity (Wildman–Crippen MR) is 108 cm³/mol. The molecule has 1 aromatic carbocycles. The van der Waals surface area contributed by atoms with Crippen LogP contribution in [0.1, 0.15) is 27.7 Å². The summed E-state index contributed by atoms with van der Waals surface area (Å²) in [5.41, 5.74) is 3.21. The van der Waals surface area contributed by atoms with Gasteiger partial charge in [0.05, 0.1) is 32.4 Å². The van der Waals surface area contributed by atoms with Gasteiger partial charge in [0.1, 0.15) is 0 Å². The van der Waals surface area contributed by atoms with E-state index in [9.17, 15) is 4.79 Å². The molecule has 0 spiro atoms. The second-order valence-electron chi connectivity index (χ2n) is 6.78. The minimum absolute atomic E-state index is 0.120. The highest BCUT2D eigenvalue weighted by Crippen LogP contribution is 2.41. The van der Waals surface area contributed by atoms with Crippen molar-refractivity contribution in [1.82, 2.24) is 14.7 Å². The van der Waals surface area contributed by atoms with Crippen molar-refractivity contribution in [3.05, 3.63) is 63.6 Å². The summed E-state index contributed by atoms with van der Waals surface area (Å²) in [5.74, 6) is 1.50. The summed E-state index contributed by atoms with van der Waals surface area (Å²) in [6.07, 6.45) is 2.96. The number of ether oxygens (including phenoxy) is 2. The molecule has 1 amide bonds. The molecule has 4 rings (SSSR count). The molecule has 3 heterocycles. The normalized spacial score (nSPS) is 16.0. The Bertz CT molecular complexity index is 981. The van der Waals surface area contributed by atoms with Gasteiger partial charge in [0.2, 0.25) is 5.91 Å². The van der Waals surface area contributed by atoms with Crippen molar-refractivity contribution in [2.24, 2.45) is 7.05 Å². The molecule has 0 saturated carbocycles. The molecule has 3 aromatic rings. The van der Waals surface area contributed by atoms with E-state index in [1.807, 2.05) is 52.3 Å².